The van der Waals surface area contributed by atoms with Gasteiger partial charge in [0.05, 0.1) is 19.3 Å². The third-order valence-electron chi connectivity index (χ3n) is 6.18. The van der Waals surface area contributed by atoms with Gasteiger partial charge in [-0.1, -0.05) is 36.4 Å². The highest BCUT2D eigenvalue weighted by Crippen LogP contribution is 2.33. The van der Waals surface area contributed by atoms with Crippen molar-refractivity contribution in [2.75, 3.05) is 13.3 Å². The number of fused-ring (bicyclic) bond motifs is 1. The van der Waals surface area contributed by atoms with Crippen LogP contribution in [0.2, 0.25) is 0 Å². The maximum absolute atomic E-state index is 14.0. The van der Waals surface area contributed by atoms with E-state index in [1.165, 1.54) is 0 Å². The third kappa shape index (κ3) is 7.20. The number of nitrogens with one attached hydrogen (secondary N) is 1. The van der Waals surface area contributed by atoms with E-state index in [1.54, 1.807) is 13.2 Å². The molecule has 6 nitrogen and oxygen atoms in total. The van der Waals surface area contributed by atoms with Crippen molar-refractivity contribution in [3.8, 4) is 16.9 Å². The summed E-state index contributed by atoms with van der Waals surface area (Å²) in [6, 6.07) is 20.1. The van der Waals surface area contributed by atoms with Crippen LogP contribution < -0.4 is 9.46 Å². The van der Waals surface area contributed by atoms with Crippen LogP contribution in [0.1, 0.15) is 50.4 Å². The standard InChI is InChI=1S/C31H34FNO5S/c1-5-36-29(34)18-24-9-6-7-12-28(24)38-20-21-15-25-13-14-37-30(25)26(16-21)22-10-8-11-23(17-22)27(19-32)33-39(35)31(2,3)4/h6-17,27,33H,5,18-20H2,1-4H3/t27?,39-/m0/s1. The SMILES string of the molecule is CCOC(=O)Cc1ccccc1OCc1cc(-c2cccc(C(CF)N[S@@+]([O-])C(C)(C)C)c2)c2occc2c1. The zero-order valence-electron chi connectivity index (χ0n) is 22.7. The molecule has 39 heavy (non-hydrogen) atoms. The molecule has 0 aliphatic carbocycles. The van der Waals surface area contributed by atoms with Crippen LogP contribution in [0.25, 0.3) is 22.1 Å². The average molecular weight is 552 g/mol. The van der Waals surface area contributed by atoms with Crippen LogP contribution >= 0.6 is 0 Å². The Morgan fingerprint density at radius 3 is 2.64 bits per heavy atom. The second kappa shape index (κ2) is 12.7. The fourth-order valence-electron chi connectivity index (χ4n) is 4.18. The van der Waals surface area contributed by atoms with Crippen molar-refractivity contribution in [1.29, 1.82) is 0 Å². The normalized spacial score (nSPS) is 13.3. The Balaban J connectivity index is 1.61. The molecule has 1 unspecified atom stereocenters. The quantitative estimate of drug-likeness (QED) is 0.162. The fraction of sp³-hybridized carbons (Fsp3) is 0.323. The van der Waals surface area contributed by atoms with Gasteiger partial charge in [-0.3, -0.25) is 4.79 Å². The number of furan rings is 1. The van der Waals surface area contributed by atoms with Crippen LogP contribution in [0.5, 0.6) is 5.75 Å². The molecule has 0 amide bonds. The smallest absolute Gasteiger partial charge is 0.310 e. The van der Waals surface area contributed by atoms with Crippen molar-refractivity contribution < 1.29 is 27.6 Å². The highest BCUT2D eigenvalue weighted by Gasteiger charge is 2.30. The molecular weight excluding hydrogens is 517 g/mol. The van der Waals surface area contributed by atoms with E-state index in [4.69, 9.17) is 13.9 Å². The molecule has 0 spiro atoms. The Hall–Kier alpha value is -3.33. The summed E-state index contributed by atoms with van der Waals surface area (Å²) in [5, 5.41) is 0.908. The minimum atomic E-state index is -1.42. The predicted octanol–water partition coefficient (Wildman–Crippen LogP) is 6.85. The lowest BCUT2D eigenvalue weighted by Gasteiger charge is -2.27. The van der Waals surface area contributed by atoms with Crippen molar-refractivity contribution in [2.45, 2.75) is 51.5 Å². The van der Waals surface area contributed by atoms with E-state index in [2.05, 4.69) is 4.72 Å². The summed E-state index contributed by atoms with van der Waals surface area (Å²) in [4.78, 5) is 12.0. The summed E-state index contributed by atoms with van der Waals surface area (Å²) >= 11 is -1.42. The summed E-state index contributed by atoms with van der Waals surface area (Å²) in [5.74, 6) is 0.313. The number of carbonyl (C=O) groups is 1. The van der Waals surface area contributed by atoms with Crippen LogP contribution in [-0.4, -0.2) is 28.6 Å². The van der Waals surface area contributed by atoms with Crippen LogP contribution in [-0.2, 0) is 33.9 Å². The average Bonchev–Trinajstić information content (AvgIpc) is 3.39. The van der Waals surface area contributed by atoms with E-state index in [0.717, 1.165) is 27.6 Å². The van der Waals surface area contributed by atoms with Gasteiger partial charge in [-0.2, -0.15) is 0 Å². The molecule has 206 valence electrons. The minimum Gasteiger partial charge on any atom is -0.598 e. The minimum absolute atomic E-state index is 0.132. The molecule has 2 atom stereocenters. The van der Waals surface area contributed by atoms with Gasteiger partial charge in [0.25, 0.3) is 0 Å². The van der Waals surface area contributed by atoms with Gasteiger partial charge in [0.2, 0.25) is 0 Å². The lowest BCUT2D eigenvalue weighted by Crippen LogP contribution is -2.41. The Kier molecular flexibility index (Phi) is 9.32. The van der Waals surface area contributed by atoms with Crippen LogP contribution in [0.4, 0.5) is 4.39 Å². The third-order valence-corrected chi connectivity index (χ3v) is 7.79. The molecule has 0 aliphatic rings. The number of rotatable bonds is 11. The second-order valence-corrected chi connectivity index (χ2v) is 12.2. The first-order valence-electron chi connectivity index (χ1n) is 12.9. The molecular formula is C31H34FNO5S. The first-order chi connectivity index (χ1) is 18.7. The van der Waals surface area contributed by atoms with Gasteiger partial charge in [-0.05, 0) is 74.7 Å². The summed E-state index contributed by atoms with van der Waals surface area (Å²) in [6.07, 6.45) is 1.77. The first kappa shape index (κ1) is 28.7. The molecule has 1 heterocycles. The van der Waals surface area contributed by atoms with E-state index in [1.807, 2.05) is 87.5 Å². The van der Waals surface area contributed by atoms with Gasteiger partial charge in [-0.25, -0.2) is 4.39 Å². The number of benzene rings is 3. The van der Waals surface area contributed by atoms with Gasteiger partial charge < -0.3 is 18.4 Å². The van der Waals surface area contributed by atoms with Crippen molar-refractivity contribution >= 4 is 28.3 Å². The molecule has 0 fully saturated rings. The molecule has 3 aromatic carbocycles. The maximum atomic E-state index is 14.0. The molecule has 4 rings (SSSR count). The van der Waals surface area contributed by atoms with Crippen molar-refractivity contribution in [1.82, 2.24) is 4.72 Å². The number of hydrogen-bond donors (Lipinski definition) is 1. The highest BCUT2D eigenvalue weighted by molar-refractivity contribution is 7.90. The molecule has 1 aromatic heterocycles. The predicted molar refractivity (Wildman–Crippen MR) is 153 cm³/mol. The number of ether oxygens (including phenoxy) is 2. The zero-order valence-corrected chi connectivity index (χ0v) is 23.5. The van der Waals surface area contributed by atoms with E-state index in [0.29, 0.717) is 23.5 Å². The molecule has 0 radical (unpaired) electrons. The summed E-state index contributed by atoms with van der Waals surface area (Å²) < 4.78 is 46.1. The zero-order chi connectivity index (χ0) is 28.0. The lowest BCUT2D eigenvalue weighted by molar-refractivity contribution is -0.142. The molecule has 0 bridgehead atoms. The summed E-state index contributed by atoms with van der Waals surface area (Å²) in [5.41, 5.74) is 4.75. The highest BCUT2D eigenvalue weighted by atomic mass is 32.2. The molecule has 8 heteroatoms. The van der Waals surface area contributed by atoms with Crippen LogP contribution in [0.15, 0.2) is 77.4 Å². The number of para-hydroxylation sites is 1. The largest absolute Gasteiger partial charge is 0.598 e. The monoisotopic (exact) mass is 551 g/mol. The van der Waals surface area contributed by atoms with Gasteiger partial charge in [0.1, 0.15) is 35.4 Å². The van der Waals surface area contributed by atoms with E-state index < -0.39 is 28.8 Å². The second-order valence-electron chi connectivity index (χ2n) is 10.2. The van der Waals surface area contributed by atoms with Gasteiger partial charge >= 0.3 is 5.97 Å². The van der Waals surface area contributed by atoms with E-state index >= 15 is 0 Å². The Labute approximate surface area is 231 Å². The Morgan fingerprint density at radius 2 is 1.90 bits per heavy atom. The number of esters is 1. The fourth-order valence-corrected chi connectivity index (χ4v) is 4.99. The van der Waals surface area contributed by atoms with Crippen molar-refractivity contribution in [2.24, 2.45) is 0 Å². The molecule has 0 saturated carbocycles. The maximum Gasteiger partial charge on any atom is 0.310 e. The lowest BCUT2D eigenvalue weighted by atomic mass is 9.97. The Bertz CT molecular complexity index is 1410. The molecule has 0 saturated heterocycles. The first-order valence-corrected chi connectivity index (χ1v) is 14.1. The van der Waals surface area contributed by atoms with Crippen molar-refractivity contribution in [3.63, 3.8) is 0 Å². The molecule has 1 N–H and O–H groups in total. The number of carbonyl (C=O) groups excluding carboxylic acids is 1. The van der Waals surface area contributed by atoms with Crippen LogP contribution in [0, 0.1) is 0 Å². The molecule has 4 aromatic rings. The Morgan fingerprint density at radius 1 is 1.10 bits per heavy atom. The van der Waals surface area contributed by atoms with Gasteiger partial charge in [0, 0.05) is 27.9 Å². The van der Waals surface area contributed by atoms with E-state index in [9.17, 15) is 13.7 Å². The molecule has 0 aliphatic heterocycles. The summed E-state index contributed by atoms with van der Waals surface area (Å²) in [6.45, 7) is 7.22. The van der Waals surface area contributed by atoms with Gasteiger partial charge in [-0.15, -0.1) is 4.72 Å². The number of alkyl halides is 1. The topological polar surface area (TPSA) is 83.8 Å². The van der Waals surface area contributed by atoms with Crippen molar-refractivity contribution in [3.05, 3.63) is 89.7 Å². The number of halogens is 1. The number of hydrogen-bond acceptors (Lipinski definition) is 6. The van der Waals surface area contributed by atoms with Gasteiger partial charge in [0.15, 0.2) is 0 Å². The summed E-state index contributed by atoms with van der Waals surface area (Å²) in [7, 11) is 0. The van der Waals surface area contributed by atoms with E-state index in [-0.39, 0.29) is 19.0 Å². The van der Waals surface area contributed by atoms with Crippen LogP contribution in [0.3, 0.4) is 0 Å².